The Hall–Kier alpha value is -1.60. The van der Waals surface area contributed by atoms with Gasteiger partial charge in [-0.05, 0) is 51.8 Å². The van der Waals surface area contributed by atoms with Gasteiger partial charge in [0.05, 0.1) is 16.6 Å². The van der Waals surface area contributed by atoms with Crippen LogP contribution in [0.15, 0.2) is 40.9 Å². The van der Waals surface area contributed by atoms with E-state index in [1.54, 1.807) is 0 Å². The second kappa shape index (κ2) is 6.03. The Balaban J connectivity index is 2.34. The largest absolute Gasteiger partial charge is 0.457 e. The molecule has 0 saturated heterocycles. The molecule has 7 heteroatoms. The second-order valence-corrected chi connectivity index (χ2v) is 5.01. The van der Waals surface area contributed by atoms with Gasteiger partial charge in [0, 0.05) is 0 Å². The van der Waals surface area contributed by atoms with Crippen LogP contribution in [0.4, 0.5) is 17.6 Å². The zero-order chi connectivity index (χ0) is 15.6. The van der Waals surface area contributed by atoms with Gasteiger partial charge in [0.25, 0.3) is 0 Å². The summed E-state index contributed by atoms with van der Waals surface area (Å²) in [6.45, 7) is -0.725. The van der Waals surface area contributed by atoms with E-state index in [1.165, 1.54) is 18.2 Å². The number of aliphatic hydroxyl groups is 1. The lowest BCUT2D eigenvalue weighted by atomic mass is 10.1. The van der Waals surface area contributed by atoms with Crippen molar-refractivity contribution < 1.29 is 27.4 Å². The topological polar surface area (TPSA) is 29.5 Å². The molecule has 0 saturated carbocycles. The molecule has 0 aliphatic carbocycles. The molecule has 0 radical (unpaired) electrons. The summed E-state index contributed by atoms with van der Waals surface area (Å²) in [6, 6.07) is 6.97. The van der Waals surface area contributed by atoms with E-state index in [0.717, 1.165) is 18.2 Å². The minimum absolute atomic E-state index is 0.0574. The number of aliphatic hydroxyl groups excluding tert-OH is 1. The molecule has 0 spiro atoms. The maximum Gasteiger partial charge on any atom is 0.416 e. The zero-order valence-electron chi connectivity index (χ0n) is 10.4. The number of rotatable bonds is 3. The molecule has 0 aromatic heterocycles. The van der Waals surface area contributed by atoms with Gasteiger partial charge in [0.1, 0.15) is 17.3 Å². The van der Waals surface area contributed by atoms with Gasteiger partial charge in [-0.15, -0.1) is 0 Å². The molecule has 2 aromatic rings. The van der Waals surface area contributed by atoms with Gasteiger partial charge in [0.15, 0.2) is 0 Å². The molecule has 2 rings (SSSR count). The average molecular weight is 365 g/mol. The Morgan fingerprint density at radius 3 is 2.24 bits per heavy atom. The summed E-state index contributed by atoms with van der Waals surface area (Å²) in [7, 11) is 0. The lowest BCUT2D eigenvalue weighted by Gasteiger charge is -2.14. The summed E-state index contributed by atoms with van der Waals surface area (Å²) in [5, 5.41) is 8.94. The summed E-state index contributed by atoms with van der Waals surface area (Å²) >= 11 is 2.96. The minimum atomic E-state index is -4.60. The molecule has 0 fully saturated rings. The molecular weight excluding hydrogens is 356 g/mol. The van der Waals surface area contributed by atoms with Gasteiger partial charge in [-0.1, -0.05) is 6.07 Å². The van der Waals surface area contributed by atoms with Crippen molar-refractivity contribution in [2.75, 3.05) is 0 Å². The van der Waals surface area contributed by atoms with Crippen molar-refractivity contribution in [3.05, 3.63) is 57.8 Å². The van der Waals surface area contributed by atoms with Crippen molar-refractivity contribution in [1.82, 2.24) is 0 Å². The standard InChI is InChI=1S/C14H9BrF4O2/c15-12-6-10(3-4-13(12)16)21-9-2-1-8(7-20)11(5-9)14(17,18)19/h1-6,20H,7H2. The molecule has 0 unspecified atom stereocenters. The number of halogens is 5. The van der Waals surface area contributed by atoms with E-state index < -0.39 is 24.2 Å². The molecule has 0 aliphatic rings. The van der Waals surface area contributed by atoms with Crippen LogP contribution in [0.25, 0.3) is 0 Å². The van der Waals surface area contributed by atoms with E-state index in [1.807, 2.05) is 0 Å². The Morgan fingerprint density at radius 2 is 1.67 bits per heavy atom. The highest BCUT2D eigenvalue weighted by Gasteiger charge is 2.33. The summed E-state index contributed by atoms with van der Waals surface area (Å²) in [4.78, 5) is 0. The predicted octanol–water partition coefficient (Wildman–Crippen LogP) is 4.89. The Morgan fingerprint density at radius 1 is 1.05 bits per heavy atom. The van der Waals surface area contributed by atoms with Crippen LogP contribution in [-0.2, 0) is 12.8 Å². The second-order valence-electron chi connectivity index (χ2n) is 4.15. The van der Waals surface area contributed by atoms with Gasteiger partial charge in [-0.2, -0.15) is 13.2 Å². The fourth-order valence-electron chi connectivity index (χ4n) is 1.70. The molecule has 21 heavy (non-hydrogen) atoms. The van der Waals surface area contributed by atoms with Crippen LogP contribution in [0, 0.1) is 5.82 Å². The van der Waals surface area contributed by atoms with Crippen LogP contribution in [0.5, 0.6) is 11.5 Å². The normalized spacial score (nSPS) is 11.5. The van der Waals surface area contributed by atoms with E-state index in [2.05, 4.69) is 15.9 Å². The first-order chi connectivity index (χ1) is 9.81. The first-order valence-electron chi connectivity index (χ1n) is 5.75. The molecule has 1 N–H and O–H groups in total. The average Bonchev–Trinajstić information content (AvgIpc) is 2.42. The smallest absolute Gasteiger partial charge is 0.416 e. The number of alkyl halides is 3. The van der Waals surface area contributed by atoms with Crippen LogP contribution >= 0.6 is 15.9 Å². The fourth-order valence-corrected chi connectivity index (χ4v) is 2.06. The van der Waals surface area contributed by atoms with Crippen molar-refractivity contribution in [3.8, 4) is 11.5 Å². The maximum atomic E-state index is 13.1. The predicted molar refractivity (Wildman–Crippen MR) is 71.5 cm³/mol. The van der Waals surface area contributed by atoms with Crippen molar-refractivity contribution in [2.45, 2.75) is 12.8 Å². The van der Waals surface area contributed by atoms with Crippen molar-refractivity contribution in [1.29, 1.82) is 0 Å². The molecular formula is C14H9BrF4O2. The number of ether oxygens (including phenoxy) is 1. The van der Waals surface area contributed by atoms with Gasteiger partial charge >= 0.3 is 6.18 Å². The van der Waals surface area contributed by atoms with Crippen molar-refractivity contribution in [2.24, 2.45) is 0 Å². The third kappa shape index (κ3) is 3.74. The molecule has 112 valence electrons. The minimum Gasteiger partial charge on any atom is -0.457 e. The van der Waals surface area contributed by atoms with E-state index >= 15 is 0 Å². The molecule has 0 bridgehead atoms. The first kappa shape index (κ1) is 15.8. The van der Waals surface area contributed by atoms with Crippen molar-refractivity contribution >= 4 is 15.9 Å². The summed E-state index contributed by atoms with van der Waals surface area (Å²) < 4.78 is 57.0. The van der Waals surface area contributed by atoms with Gasteiger partial charge in [-0.3, -0.25) is 0 Å². The number of hydrogen-bond donors (Lipinski definition) is 1. The lowest BCUT2D eigenvalue weighted by molar-refractivity contribution is -0.138. The first-order valence-corrected chi connectivity index (χ1v) is 6.54. The Labute approximate surface area is 126 Å². The van der Waals surface area contributed by atoms with E-state index in [9.17, 15) is 17.6 Å². The summed E-state index contributed by atoms with van der Waals surface area (Å²) in [5.41, 5.74) is -1.21. The van der Waals surface area contributed by atoms with Crippen molar-refractivity contribution in [3.63, 3.8) is 0 Å². The van der Waals surface area contributed by atoms with Gasteiger partial charge in [0.2, 0.25) is 0 Å². The quantitative estimate of drug-likeness (QED) is 0.785. The monoisotopic (exact) mass is 364 g/mol. The summed E-state index contributed by atoms with van der Waals surface area (Å²) in [5.74, 6) is -0.375. The lowest BCUT2D eigenvalue weighted by Crippen LogP contribution is -2.09. The van der Waals surface area contributed by atoms with E-state index in [-0.39, 0.29) is 21.5 Å². The highest BCUT2D eigenvalue weighted by atomic mass is 79.9. The third-order valence-electron chi connectivity index (χ3n) is 2.68. The molecule has 0 heterocycles. The van der Waals surface area contributed by atoms with E-state index in [0.29, 0.717) is 0 Å². The highest BCUT2D eigenvalue weighted by molar-refractivity contribution is 9.10. The highest BCUT2D eigenvalue weighted by Crippen LogP contribution is 2.36. The van der Waals surface area contributed by atoms with Crippen LogP contribution in [-0.4, -0.2) is 5.11 Å². The Kier molecular flexibility index (Phi) is 4.53. The Bertz CT molecular complexity index is 656. The van der Waals surface area contributed by atoms with Crippen LogP contribution in [0.3, 0.4) is 0 Å². The fraction of sp³-hybridized carbons (Fsp3) is 0.143. The molecule has 0 amide bonds. The molecule has 2 aromatic carbocycles. The maximum absolute atomic E-state index is 13.1. The van der Waals surface area contributed by atoms with Gasteiger partial charge < -0.3 is 9.84 Å². The van der Waals surface area contributed by atoms with Gasteiger partial charge in [-0.25, -0.2) is 4.39 Å². The SMILES string of the molecule is OCc1ccc(Oc2ccc(F)c(Br)c2)cc1C(F)(F)F. The number of hydrogen-bond acceptors (Lipinski definition) is 2. The van der Waals surface area contributed by atoms with Crippen LogP contribution in [0.1, 0.15) is 11.1 Å². The van der Waals surface area contributed by atoms with Crippen LogP contribution in [0.2, 0.25) is 0 Å². The molecule has 0 aliphatic heterocycles. The molecule has 0 atom stereocenters. The van der Waals surface area contributed by atoms with E-state index in [4.69, 9.17) is 9.84 Å². The zero-order valence-corrected chi connectivity index (χ0v) is 12.0. The molecule has 2 nitrogen and oxygen atoms in total. The summed E-state index contributed by atoms with van der Waals surface area (Å²) in [6.07, 6.45) is -4.60. The third-order valence-corrected chi connectivity index (χ3v) is 3.29. The van der Waals surface area contributed by atoms with Crippen LogP contribution < -0.4 is 4.74 Å². The number of benzene rings is 2.